The second kappa shape index (κ2) is 4.16. The van der Waals surface area contributed by atoms with E-state index in [9.17, 15) is 14.5 Å². The minimum absolute atomic E-state index is 0.0425. The zero-order valence-corrected chi connectivity index (χ0v) is 9.63. The molecule has 2 aromatic carbocycles. The molecule has 1 N–H and O–H groups in total. The van der Waals surface area contributed by atoms with Crippen molar-refractivity contribution >= 4 is 16.7 Å². The molecule has 0 radical (unpaired) electrons. The smallest absolute Gasteiger partial charge is 0.271 e. The number of rotatable bonds is 2. The second-order valence-corrected chi connectivity index (χ2v) is 4.02. The fourth-order valence-corrected chi connectivity index (χ4v) is 1.89. The summed E-state index contributed by atoms with van der Waals surface area (Å²) in [5, 5.41) is 10.7. The number of H-pyrrole nitrogens is 1. The maximum absolute atomic E-state index is 13.6. The van der Waals surface area contributed by atoms with Crippen molar-refractivity contribution in [2.24, 2.45) is 0 Å². The highest BCUT2D eigenvalue weighted by molar-refractivity contribution is 5.81. The lowest BCUT2D eigenvalue weighted by atomic mass is 10.2. The average molecular weight is 257 g/mol. The Labute approximate surface area is 106 Å². The van der Waals surface area contributed by atoms with Crippen molar-refractivity contribution < 1.29 is 9.31 Å². The summed E-state index contributed by atoms with van der Waals surface area (Å²) in [6.07, 6.45) is 0. The predicted molar refractivity (Wildman–Crippen MR) is 68.1 cm³/mol. The molecule has 0 aliphatic carbocycles. The van der Waals surface area contributed by atoms with Crippen LogP contribution in [-0.2, 0) is 0 Å². The molecule has 3 rings (SSSR count). The van der Waals surface area contributed by atoms with Gasteiger partial charge in [0.25, 0.3) is 5.69 Å². The number of imidazole rings is 1. The maximum Gasteiger partial charge on any atom is 0.271 e. The number of nitrogens with one attached hydrogen (secondary N) is 1. The fraction of sp³-hybridized carbons (Fsp3) is 0. The van der Waals surface area contributed by atoms with E-state index >= 15 is 0 Å². The first-order valence-corrected chi connectivity index (χ1v) is 5.54. The second-order valence-electron chi connectivity index (χ2n) is 4.02. The van der Waals surface area contributed by atoms with Gasteiger partial charge in [0.2, 0.25) is 0 Å². The lowest BCUT2D eigenvalue weighted by Gasteiger charge is -1.96. The molecule has 0 bridgehead atoms. The number of non-ortho nitro benzene ring substituents is 1. The third-order valence-electron chi connectivity index (χ3n) is 2.81. The van der Waals surface area contributed by atoms with Gasteiger partial charge in [-0.1, -0.05) is 12.1 Å². The highest BCUT2D eigenvalue weighted by Gasteiger charge is 2.12. The van der Waals surface area contributed by atoms with Crippen LogP contribution >= 0.6 is 0 Å². The molecule has 0 atom stereocenters. The van der Waals surface area contributed by atoms with E-state index in [1.807, 2.05) is 0 Å². The van der Waals surface area contributed by atoms with E-state index in [0.29, 0.717) is 22.4 Å². The number of nitrogens with zero attached hydrogens (tertiary/aromatic N) is 2. The van der Waals surface area contributed by atoms with Crippen LogP contribution in [0.3, 0.4) is 0 Å². The number of nitro benzene ring substituents is 1. The largest absolute Gasteiger partial charge is 0.338 e. The van der Waals surface area contributed by atoms with Crippen LogP contribution in [0.4, 0.5) is 10.1 Å². The van der Waals surface area contributed by atoms with Gasteiger partial charge in [0.05, 0.1) is 21.5 Å². The van der Waals surface area contributed by atoms with E-state index in [4.69, 9.17) is 0 Å². The quantitative estimate of drug-likeness (QED) is 0.565. The van der Waals surface area contributed by atoms with Gasteiger partial charge in [0.15, 0.2) is 0 Å². The summed E-state index contributed by atoms with van der Waals surface area (Å²) in [6.45, 7) is 0. The first-order chi connectivity index (χ1) is 9.15. The number of benzene rings is 2. The molecule has 0 saturated carbocycles. The summed E-state index contributed by atoms with van der Waals surface area (Å²) in [7, 11) is 0. The van der Waals surface area contributed by atoms with Crippen LogP contribution < -0.4 is 0 Å². The van der Waals surface area contributed by atoms with Crippen LogP contribution in [0.1, 0.15) is 0 Å². The van der Waals surface area contributed by atoms with Crippen LogP contribution in [0.25, 0.3) is 22.4 Å². The molecule has 0 fully saturated rings. The third kappa shape index (κ3) is 1.93. The van der Waals surface area contributed by atoms with E-state index in [-0.39, 0.29) is 5.69 Å². The summed E-state index contributed by atoms with van der Waals surface area (Å²) < 4.78 is 13.6. The maximum atomic E-state index is 13.6. The van der Waals surface area contributed by atoms with Crippen LogP contribution in [0.2, 0.25) is 0 Å². The Balaban J connectivity index is 2.17. The lowest BCUT2D eigenvalue weighted by Crippen LogP contribution is -1.86. The standard InChI is InChI=1S/C13H8FN3O2/c14-10-4-2-1-3-9(10)13-15-11-6-5-8(17(18)19)7-12(11)16-13/h1-7H,(H,15,16). The number of fused-ring (bicyclic) bond motifs is 1. The molecular weight excluding hydrogens is 249 g/mol. The Bertz CT molecular complexity index is 782. The van der Waals surface area contributed by atoms with Gasteiger partial charge in [-0.3, -0.25) is 10.1 Å². The SMILES string of the molecule is O=[N+]([O-])c1ccc2[nH]c(-c3ccccc3F)nc2c1. The van der Waals surface area contributed by atoms with Gasteiger partial charge in [-0.25, -0.2) is 9.37 Å². The molecule has 94 valence electrons. The molecule has 0 amide bonds. The Kier molecular flexibility index (Phi) is 2.49. The molecule has 0 aliphatic heterocycles. The van der Waals surface area contributed by atoms with Crippen LogP contribution in [0, 0.1) is 15.9 Å². The zero-order chi connectivity index (χ0) is 13.4. The zero-order valence-electron chi connectivity index (χ0n) is 9.63. The van der Waals surface area contributed by atoms with Crippen LogP contribution in [0.15, 0.2) is 42.5 Å². The topological polar surface area (TPSA) is 71.8 Å². The van der Waals surface area contributed by atoms with Crippen molar-refractivity contribution in [2.45, 2.75) is 0 Å². The third-order valence-corrected chi connectivity index (χ3v) is 2.81. The first kappa shape index (κ1) is 11.3. The predicted octanol–water partition coefficient (Wildman–Crippen LogP) is 3.28. The van der Waals surface area contributed by atoms with Gasteiger partial charge in [0, 0.05) is 12.1 Å². The van der Waals surface area contributed by atoms with E-state index in [2.05, 4.69) is 9.97 Å². The first-order valence-electron chi connectivity index (χ1n) is 5.54. The molecule has 0 unspecified atom stereocenters. The van der Waals surface area contributed by atoms with Crippen molar-refractivity contribution in [1.29, 1.82) is 0 Å². The molecule has 3 aromatic rings. The van der Waals surface area contributed by atoms with Gasteiger partial charge in [0.1, 0.15) is 11.6 Å². The van der Waals surface area contributed by atoms with Gasteiger partial charge in [-0.2, -0.15) is 0 Å². The highest BCUT2D eigenvalue weighted by atomic mass is 19.1. The number of aromatic amines is 1. The van der Waals surface area contributed by atoms with E-state index in [1.54, 1.807) is 24.3 Å². The summed E-state index contributed by atoms with van der Waals surface area (Å²) in [6, 6.07) is 10.5. The van der Waals surface area contributed by atoms with Crippen LogP contribution in [0.5, 0.6) is 0 Å². The summed E-state index contributed by atoms with van der Waals surface area (Å²) >= 11 is 0. The Morgan fingerprint density at radius 2 is 2.00 bits per heavy atom. The van der Waals surface area contributed by atoms with Crippen molar-refractivity contribution in [3.8, 4) is 11.4 Å². The number of hydrogen-bond donors (Lipinski definition) is 1. The minimum atomic E-state index is -0.489. The van der Waals surface area contributed by atoms with Gasteiger partial charge in [-0.05, 0) is 18.2 Å². The number of nitro groups is 1. The van der Waals surface area contributed by atoms with E-state index < -0.39 is 10.7 Å². The molecule has 1 heterocycles. The molecular formula is C13H8FN3O2. The fourth-order valence-electron chi connectivity index (χ4n) is 1.89. The number of hydrogen-bond acceptors (Lipinski definition) is 3. The molecule has 0 saturated heterocycles. The van der Waals surface area contributed by atoms with E-state index in [1.165, 1.54) is 18.2 Å². The summed E-state index contributed by atoms with van der Waals surface area (Å²) in [5.74, 6) is -0.0374. The van der Waals surface area contributed by atoms with Crippen molar-refractivity contribution in [2.75, 3.05) is 0 Å². The van der Waals surface area contributed by atoms with E-state index in [0.717, 1.165) is 0 Å². The molecule has 6 heteroatoms. The molecule has 0 spiro atoms. The highest BCUT2D eigenvalue weighted by Crippen LogP contribution is 2.25. The average Bonchev–Trinajstić information content (AvgIpc) is 2.81. The molecule has 0 aliphatic rings. The summed E-state index contributed by atoms with van der Waals surface area (Å²) in [4.78, 5) is 17.3. The van der Waals surface area contributed by atoms with Gasteiger partial charge < -0.3 is 4.98 Å². The number of halogens is 1. The monoisotopic (exact) mass is 257 g/mol. The number of aromatic nitrogens is 2. The molecule has 19 heavy (non-hydrogen) atoms. The Morgan fingerprint density at radius 3 is 2.74 bits per heavy atom. The van der Waals surface area contributed by atoms with Crippen LogP contribution in [-0.4, -0.2) is 14.9 Å². The Morgan fingerprint density at radius 1 is 1.21 bits per heavy atom. The minimum Gasteiger partial charge on any atom is -0.338 e. The van der Waals surface area contributed by atoms with Crippen molar-refractivity contribution in [3.63, 3.8) is 0 Å². The Hall–Kier alpha value is -2.76. The van der Waals surface area contributed by atoms with Gasteiger partial charge in [-0.15, -0.1) is 0 Å². The van der Waals surface area contributed by atoms with Gasteiger partial charge >= 0.3 is 0 Å². The van der Waals surface area contributed by atoms with Crippen molar-refractivity contribution in [3.05, 3.63) is 58.4 Å². The van der Waals surface area contributed by atoms with Crippen molar-refractivity contribution in [1.82, 2.24) is 9.97 Å². The lowest BCUT2D eigenvalue weighted by molar-refractivity contribution is -0.384. The summed E-state index contributed by atoms with van der Waals surface area (Å²) in [5.41, 5.74) is 1.36. The normalized spacial score (nSPS) is 10.8. The molecule has 5 nitrogen and oxygen atoms in total. The molecule has 1 aromatic heterocycles.